The van der Waals surface area contributed by atoms with Crippen LogP contribution in [0.25, 0.3) is 0 Å². The van der Waals surface area contributed by atoms with Crippen molar-refractivity contribution in [3.05, 3.63) is 40.4 Å². The van der Waals surface area contributed by atoms with E-state index in [0.29, 0.717) is 5.01 Å². The lowest BCUT2D eigenvalue weighted by atomic mass is 10.3. The molecule has 5 nitrogen and oxygen atoms in total. The Morgan fingerprint density at radius 1 is 1.59 bits per heavy atom. The van der Waals surface area contributed by atoms with Crippen molar-refractivity contribution in [2.75, 3.05) is 5.32 Å². The van der Waals surface area contributed by atoms with Gasteiger partial charge in [-0.2, -0.15) is 0 Å². The lowest BCUT2D eigenvalue weighted by Crippen LogP contribution is -2.13. The van der Waals surface area contributed by atoms with Crippen molar-refractivity contribution in [2.45, 2.75) is 6.54 Å². The van der Waals surface area contributed by atoms with Crippen LogP contribution < -0.4 is 11.1 Å². The van der Waals surface area contributed by atoms with Crippen LogP contribution in [0.2, 0.25) is 0 Å². The molecular weight excluding hydrogens is 243 g/mol. The molecule has 0 saturated heterocycles. The molecule has 17 heavy (non-hydrogen) atoms. The molecule has 0 aromatic carbocycles. The van der Waals surface area contributed by atoms with E-state index in [-0.39, 0.29) is 17.9 Å². The van der Waals surface area contributed by atoms with Crippen LogP contribution in [0.5, 0.6) is 0 Å². The maximum atomic E-state index is 13.2. The summed E-state index contributed by atoms with van der Waals surface area (Å²) in [5, 5.41) is 4.65. The number of pyridine rings is 1. The van der Waals surface area contributed by atoms with E-state index in [2.05, 4.69) is 15.3 Å². The standard InChI is InChI=1S/C10H9FN4OS/c11-6-4-13-2-1-7(6)15-10(16)8-5-17-9(3-12)14-8/h1-2,4-5H,3,12H2,(H,13,15,16). The van der Waals surface area contributed by atoms with Gasteiger partial charge in [-0.15, -0.1) is 11.3 Å². The number of hydrogen-bond acceptors (Lipinski definition) is 5. The van der Waals surface area contributed by atoms with E-state index in [9.17, 15) is 9.18 Å². The summed E-state index contributed by atoms with van der Waals surface area (Å²) in [5.41, 5.74) is 5.69. The topological polar surface area (TPSA) is 80.9 Å². The van der Waals surface area contributed by atoms with Crippen LogP contribution in [0.15, 0.2) is 23.8 Å². The zero-order valence-corrected chi connectivity index (χ0v) is 9.50. The summed E-state index contributed by atoms with van der Waals surface area (Å²) >= 11 is 1.29. The van der Waals surface area contributed by atoms with Gasteiger partial charge in [-0.3, -0.25) is 9.78 Å². The third-order valence-electron chi connectivity index (χ3n) is 1.98. The maximum absolute atomic E-state index is 13.2. The highest BCUT2D eigenvalue weighted by Gasteiger charge is 2.12. The Labute approximate surface area is 101 Å². The summed E-state index contributed by atoms with van der Waals surface area (Å²) < 4.78 is 13.2. The van der Waals surface area contributed by atoms with Gasteiger partial charge in [0.15, 0.2) is 5.82 Å². The van der Waals surface area contributed by atoms with Crippen LogP contribution in [0.3, 0.4) is 0 Å². The van der Waals surface area contributed by atoms with Crippen LogP contribution >= 0.6 is 11.3 Å². The Bertz CT molecular complexity index is 543. The lowest BCUT2D eigenvalue weighted by Gasteiger charge is -2.03. The lowest BCUT2D eigenvalue weighted by molar-refractivity contribution is 0.102. The highest BCUT2D eigenvalue weighted by Crippen LogP contribution is 2.14. The molecule has 0 spiro atoms. The van der Waals surface area contributed by atoms with Crippen molar-refractivity contribution in [1.29, 1.82) is 0 Å². The number of nitrogens with zero attached hydrogens (tertiary/aromatic N) is 2. The molecule has 7 heteroatoms. The summed E-state index contributed by atoms with van der Waals surface area (Å²) in [7, 11) is 0. The second-order valence-electron chi connectivity index (χ2n) is 3.14. The summed E-state index contributed by atoms with van der Waals surface area (Å²) in [6.45, 7) is 0.279. The first-order valence-electron chi connectivity index (χ1n) is 4.76. The van der Waals surface area contributed by atoms with Crippen molar-refractivity contribution < 1.29 is 9.18 Å². The number of hydrogen-bond donors (Lipinski definition) is 2. The van der Waals surface area contributed by atoms with Gasteiger partial charge in [0.1, 0.15) is 10.7 Å². The average molecular weight is 252 g/mol. The van der Waals surface area contributed by atoms with Gasteiger partial charge in [0, 0.05) is 18.1 Å². The first kappa shape index (κ1) is 11.6. The van der Waals surface area contributed by atoms with Crippen molar-refractivity contribution in [1.82, 2.24) is 9.97 Å². The normalized spacial score (nSPS) is 10.2. The third kappa shape index (κ3) is 2.63. The molecular formula is C10H9FN4OS. The summed E-state index contributed by atoms with van der Waals surface area (Å²) in [6, 6.07) is 1.38. The molecule has 0 aliphatic rings. The Morgan fingerprint density at radius 2 is 2.41 bits per heavy atom. The third-order valence-corrected chi connectivity index (χ3v) is 2.85. The number of thiazole rings is 1. The maximum Gasteiger partial charge on any atom is 0.275 e. The minimum Gasteiger partial charge on any atom is -0.325 e. The van der Waals surface area contributed by atoms with Gasteiger partial charge in [-0.25, -0.2) is 9.37 Å². The van der Waals surface area contributed by atoms with Gasteiger partial charge in [0.05, 0.1) is 11.9 Å². The largest absolute Gasteiger partial charge is 0.325 e. The van der Waals surface area contributed by atoms with E-state index in [1.807, 2.05) is 0 Å². The Morgan fingerprint density at radius 3 is 3.06 bits per heavy atom. The van der Waals surface area contributed by atoms with Crippen LogP contribution in [0.4, 0.5) is 10.1 Å². The number of aromatic nitrogens is 2. The molecule has 0 aliphatic carbocycles. The van der Waals surface area contributed by atoms with Crippen LogP contribution in [-0.2, 0) is 6.54 Å². The number of nitrogens with one attached hydrogen (secondary N) is 1. The second-order valence-corrected chi connectivity index (χ2v) is 4.08. The molecule has 1 amide bonds. The fraction of sp³-hybridized carbons (Fsp3) is 0.100. The smallest absolute Gasteiger partial charge is 0.275 e. The number of amides is 1. The quantitative estimate of drug-likeness (QED) is 0.865. The van der Waals surface area contributed by atoms with Gasteiger partial charge >= 0.3 is 0 Å². The minimum atomic E-state index is -0.588. The van der Waals surface area contributed by atoms with Crippen molar-refractivity contribution >= 4 is 22.9 Å². The van der Waals surface area contributed by atoms with E-state index < -0.39 is 11.7 Å². The number of anilines is 1. The molecule has 2 aromatic rings. The molecule has 3 N–H and O–H groups in total. The molecule has 0 radical (unpaired) electrons. The van der Waals surface area contributed by atoms with Crippen LogP contribution in [-0.4, -0.2) is 15.9 Å². The zero-order valence-electron chi connectivity index (χ0n) is 8.68. The molecule has 0 bridgehead atoms. The Balaban J connectivity index is 2.14. The molecule has 2 aromatic heterocycles. The van der Waals surface area contributed by atoms with E-state index in [0.717, 1.165) is 6.20 Å². The summed E-state index contributed by atoms with van der Waals surface area (Å²) in [5.74, 6) is -1.05. The first-order chi connectivity index (χ1) is 8.20. The molecule has 0 unspecified atom stereocenters. The van der Waals surface area contributed by atoms with Crippen molar-refractivity contribution in [2.24, 2.45) is 5.73 Å². The monoisotopic (exact) mass is 252 g/mol. The van der Waals surface area contributed by atoms with Gasteiger partial charge in [0.25, 0.3) is 5.91 Å². The van der Waals surface area contributed by atoms with Gasteiger partial charge in [0.2, 0.25) is 0 Å². The predicted octanol–water partition coefficient (Wildman–Crippen LogP) is 1.39. The summed E-state index contributed by atoms with van der Waals surface area (Å²) in [6.07, 6.45) is 2.42. The molecule has 88 valence electrons. The molecule has 0 saturated carbocycles. The Kier molecular flexibility index (Phi) is 3.40. The predicted molar refractivity (Wildman–Crippen MR) is 62.2 cm³/mol. The van der Waals surface area contributed by atoms with E-state index in [1.165, 1.54) is 23.6 Å². The second kappa shape index (κ2) is 4.98. The number of halogens is 1. The fourth-order valence-corrected chi connectivity index (χ4v) is 1.83. The molecule has 2 heterocycles. The highest BCUT2D eigenvalue weighted by molar-refractivity contribution is 7.09. The van der Waals surface area contributed by atoms with Crippen molar-refractivity contribution in [3.63, 3.8) is 0 Å². The van der Waals surface area contributed by atoms with E-state index in [4.69, 9.17) is 5.73 Å². The van der Waals surface area contributed by atoms with E-state index in [1.54, 1.807) is 5.38 Å². The molecule has 0 fully saturated rings. The number of carbonyl (C=O) groups excluding carboxylic acids is 1. The molecule has 2 rings (SSSR count). The Hall–Kier alpha value is -1.86. The average Bonchev–Trinajstić information content (AvgIpc) is 2.81. The molecule has 0 atom stereocenters. The molecule has 0 aliphatic heterocycles. The first-order valence-corrected chi connectivity index (χ1v) is 5.64. The number of nitrogens with two attached hydrogens (primary N) is 1. The SMILES string of the molecule is NCc1nc(C(=O)Nc2ccncc2F)cs1. The zero-order chi connectivity index (χ0) is 12.3. The highest BCUT2D eigenvalue weighted by atomic mass is 32.1. The number of rotatable bonds is 3. The van der Waals surface area contributed by atoms with Gasteiger partial charge in [-0.1, -0.05) is 0 Å². The van der Waals surface area contributed by atoms with Crippen LogP contribution in [0, 0.1) is 5.82 Å². The van der Waals surface area contributed by atoms with E-state index >= 15 is 0 Å². The van der Waals surface area contributed by atoms with Crippen LogP contribution in [0.1, 0.15) is 15.5 Å². The number of carbonyl (C=O) groups is 1. The van der Waals surface area contributed by atoms with Crippen molar-refractivity contribution in [3.8, 4) is 0 Å². The minimum absolute atomic E-state index is 0.0762. The fourth-order valence-electron chi connectivity index (χ4n) is 1.17. The van der Waals surface area contributed by atoms with Gasteiger partial charge in [-0.05, 0) is 6.07 Å². The van der Waals surface area contributed by atoms with Gasteiger partial charge < -0.3 is 11.1 Å². The summed E-state index contributed by atoms with van der Waals surface area (Å²) in [4.78, 5) is 19.3.